The highest BCUT2D eigenvalue weighted by Gasteiger charge is 2.13. The van der Waals surface area contributed by atoms with Gasteiger partial charge in [0.15, 0.2) is 0 Å². The number of hydrogen-bond donors (Lipinski definition) is 1. The molecule has 0 saturated heterocycles. The van der Waals surface area contributed by atoms with Crippen molar-refractivity contribution in [2.45, 2.75) is 31.1 Å². The van der Waals surface area contributed by atoms with E-state index in [9.17, 15) is 4.79 Å². The quantitative estimate of drug-likeness (QED) is 0.811. The van der Waals surface area contributed by atoms with Crippen LogP contribution >= 0.6 is 11.8 Å². The van der Waals surface area contributed by atoms with E-state index >= 15 is 0 Å². The molecule has 0 radical (unpaired) electrons. The molecular formula is C15H21NO2S. The number of amides is 1. The Morgan fingerprint density at radius 3 is 2.89 bits per heavy atom. The maximum Gasteiger partial charge on any atom is 0.233 e. The summed E-state index contributed by atoms with van der Waals surface area (Å²) in [6.45, 7) is 3.06. The van der Waals surface area contributed by atoms with Gasteiger partial charge < -0.3 is 10.0 Å². The number of aliphatic hydroxyl groups excluding tert-OH is 1. The van der Waals surface area contributed by atoms with E-state index in [0.717, 1.165) is 0 Å². The summed E-state index contributed by atoms with van der Waals surface area (Å²) in [6, 6.07) is 6.54. The van der Waals surface area contributed by atoms with Crippen molar-refractivity contribution < 1.29 is 9.90 Å². The van der Waals surface area contributed by atoms with Gasteiger partial charge in [-0.3, -0.25) is 4.79 Å². The van der Waals surface area contributed by atoms with Crippen molar-refractivity contribution in [2.24, 2.45) is 0 Å². The smallest absolute Gasteiger partial charge is 0.233 e. The van der Waals surface area contributed by atoms with Gasteiger partial charge in [-0.2, -0.15) is 0 Å². The molecule has 0 aromatic heterocycles. The molecule has 3 nitrogen and oxygen atoms in total. The first kappa shape index (κ1) is 14.4. The Morgan fingerprint density at radius 2 is 2.16 bits per heavy atom. The summed E-state index contributed by atoms with van der Waals surface area (Å²) in [7, 11) is 0. The summed E-state index contributed by atoms with van der Waals surface area (Å²) in [6.07, 6.45) is 3.62. The van der Waals surface area contributed by atoms with Crippen molar-refractivity contribution in [1.29, 1.82) is 0 Å². The van der Waals surface area contributed by atoms with Crippen LogP contribution in [0.3, 0.4) is 0 Å². The zero-order valence-electron chi connectivity index (χ0n) is 11.4. The van der Waals surface area contributed by atoms with Crippen molar-refractivity contribution in [3.05, 3.63) is 29.3 Å². The molecule has 0 bridgehead atoms. The first-order chi connectivity index (χ1) is 9.24. The van der Waals surface area contributed by atoms with E-state index in [2.05, 4.69) is 18.2 Å². The summed E-state index contributed by atoms with van der Waals surface area (Å²) < 4.78 is 0. The van der Waals surface area contributed by atoms with E-state index in [1.165, 1.54) is 35.3 Å². The van der Waals surface area contributed by atoms with Crippen LogP contribution in [0.4, 0.5) is 0 Å². The number of benzene rings is 1. The Kier molecular flexibility index (Phi) is 5.28. The average molecular weight is 279 g/mol. The second kappa shape index (κ2) is 6.96. The third kappa shape index (κ3) is 3.74. The van der Waals surface area contributed by atoms with Crippen LogP contribution in [0.5, 0.6) is 0 Å². The molecule has 0 aliphatic heterocycles. The minimum Gasteiger partial charge on any atom is -0.395 e. The third-order valence-electron chi connectivity index (χ3n) is 3.54. The van der Waals surface area contributed by atoms with Crippen LogP contribution < -0.4 is 0 Å². The van der Waals surface area contributed by atoms with Crippen LogP contribution in [-0.2, 0) is 17.6 Å². The normalized spacial score (nSPS) is 13.4. The Bertz CT molecular complexity index is 448. The Balaban J connectivity index is 1.89. The first-order valence-electron chi connectivity index (χ1n) is 6.88. The predicted molar refractivity (Wildman–Crippen MR) is 78.5 cm³/mol. The van der Waals surface area contributed by atoms with Gasteiger partial charge in [-0.05, 0) is 49.4 Å². The standard InChI is InChI=1S/C15H21NO2S/c1-2-16(8-9-17)15(18)11-19-14-7-6-12-4-3-5-13(12)10-14/h6-7,10,17H,2-5,8-9,11H2,1H3. The Morgan fingerprint density at radius 1 is 1.37 bits per heavy atom. The number of fused-ring (bicyclic) bond motifs is 1. The number of aliphatic hydroxyl groups is 1. The van der Waals surface area contributed by atoms with Gasteiger partial charge in [0.2, 0.25) is 5.91 Å². The number of likely N-dealkylation sites (N-methyl/N-ethyl adjacent to an activating group) is 1. The summed E-state index contributed by atoms with van der Waals surface area (Å²) in [5, 5.41) is 8.91. The van der Waals surface area contributed by atoms with E-state index in [-0.39, 0.29) is 12.5 Å². The largest absolute Gasteiger partial charge is 0.395 e. The molecule has 104 valence electrons. The lowest BCUT2D eigenvalue weighted by Crippen LogP contribution is -2.34. The zero-order valence-corrected chi connectivity index (χ0v) is 12.2. The summed E-state index contributed by atoms with van der Waals surface area (Å²) in [5.41, 5.74) is 2.91. The zero-order chi connectivity index (χ0) is 13.7. The number of nitrogens with zero attached hydrogens (tertiary/aromatic N) is 1. The number of carbonyl (C=O) groups excluding carboxylic acids is 1. The predicted octanol–water partition coefficient (Wildman–Crippen LogP) is 2.11. The fourth-order valence-electron chi connectivity index (χ4n) is 2.45. The molecule has 4 heteroatoms. The van der Waals surface area contributed by atoms with E-state index in [4.69, 9.17) is 5.11 Å². The van der Waals surface area contributed by atoms with Crippen molar-refractivity contribution in [3.8, 4) is 0 Å². The first-order valence-corrected chi connectivity index (χ1v) is 7.86. The van der Waals surface area contributed by atoms with Gasteiger partial charge in [-0.25, -0.2) is 0 Å². The number of hydrogen-bond acceptors (Lipinski definition) is 3. The summed E-state index contributed by atoms with van der Waals surface area (Å²) >= 11 is 1.59. The van der Waals surface area contributed by atoms with E-state index in [1.807, 2.05) is 6.92 Å². The maximum atomic E-state index is 12.0. The van der Waals surface area contributed by atoms with Gasteiger partial charge in [0.05, 0.1) is 12.4 Å². The van der Waals surface area contributed by atoms with Gasteiger partial charge in [-0.1, -0.05) is 6.07 Å². The minimum atomic E-state index is 0.0308. The highest BCUT2D eigenvalue weighted by molar-refractivity contribution is 8.00. The van der Waals surface area contributed by atoms with Crippen molar-refractivity contribution in [1.82, 2.24) is 4.90 Å². The summed E-state index contributed by atoms with van der Waals surface area (Å²) in [4.78, 5) is 14.8. The monoisotopic (exact) mass is 279 g/mol. The Hall–Kier alpha value is -1.00. The van der Waals surface area contributed by atoms with Crippen LogP contribution in [0.15, 0.2) is 23.1 Å². The number of carbonyl (C=O) groups is 1. The molecule has 0 fully saturated rings. The molecule has 0 atom stereocenters. The van der Waals surface area contributed by atoms with Gasteiger partial charge in [0.25, 0.3) is 0 Å². The molecule has 1 N–H and O–H groups in total. The highest BCUT2D eigenvalue weighted by Crippen LogP contribution is 2.27. The second-order valence-corrected chi connectivity index (χ2v) is 5.82. The maximum absolute atomic E-state index is 12.0. The molecule has 19 heavy (non-hydrogen) atoms. The van der Waals surface area contributed by atoms with Gasteiger partial charge in [0, 0.05) is 18.0 Å². The molecule has 0 saturated carbocycles. The van der Waals surface area contributed by atoms with E-state index in [0.29, 0.717) is 18.8 Å². The summed E-state index contributed by atoms with van der Waals surface area (Å²) in [5.74, 6) is 0.550. The van der Waals surface area contributed by atoms with Crippen molar-refractivity contribution >= 4 is 17.7 Å². The lowest BCUT2D eigenvalue weighted by atomic mass is 10.1. The van der Waals surface area contributed by atoms with Crippen LogP contribution in [0.2, 0.25) is 0 Å². The lowest BCUT2D eigenvalue weighted by Gasteiger charge is -2.19. The van der Waals surface area contributed by atoms with Gasteiger partial charge in [0.1, 0.15) is 0 Å². The molecule has 1 aliphatic carbocycles. The molecule has 0 unspecified atom stereocenters. The molecule has 1 aliphatic rings. The van der Waals surface area contributed by atoms with Gasteiger partial charge in [-0.15, -0.1) is 11.8 Å². The fourth-order valence-corrected chi connectivity index (χ4v) is 3.32. The molecule has 2 rings (SSSR count). The SMILES string of the molecule is CCN(CCO)C(=O)CSc1ccc2c(c1)CCC2. The molecule has 0 heterocycles. The lowest BCUT2D eigenvalue weighted by molar-refractivity contribution is -0.128. The van der Waals surface area contributed by atoms with E-state index in [1.54, 1.807) is 16.7 Å². The van der Waals surface area contributed by atoms with Crippen LogP contribution in [-0.4, -0.2) is 41.4 Å². The van der Waals surface area contributed by atoms with Gasteiger partial charge >= 0.3 is 0 Å². The topological polar surface area (TPSA) is 40.5 Å². The van der Waals surface area contributed by atoms with Crippen molar-refractivity contribution in [3.63, 3.8) is 0 Å². The number of thioether (sulfide) groups is 1. The number of aryl methyl sites for hydroxylation is 2. The molecule has 1 amide bonds. The fraction of sp³-hybridized carbons (Fsp3) is 0.533. The van der Waals surface area contributed by atoms with Crippen LogP contribution in [0, 0.1) is 0 Å². The van der Waals surface area contributed by atoms with Crippen molar-refractivity contribution in [2.75, 3.05) is 25.4 Å². The second-order valence-electron chi connectivity index (χ2n) is 4.77. The molecule has 1 aromatic rings. The molecule has 1 aromatic carbocycles. The van der Waals surface area contributed by atoms with E-state index < -0.39 is 0 Å². The third-order valence-corrected chi connectivity index (χ3v) is 4.52. The highest BCUT2D eigenvalue weighted by atomic mass is 32.2. The van der Waals surface area contributed by atoms with Crippen LogP contribution in [0.1, 0.15) is 24.5 Å². The number of rotatable bonds is 6. The molecular weight excluding hydrogens is 258 g/mol. The minimum absolute atomic E-state index is 0.0308. The average Bonchev–Trinajstić information content (AvgIpc) is 2.89. The molecule has 0 spiro atoms. The Labute approximate surface area is 119 Å². The van der Waals surface area contributed by atoms with Crippen LogP contribution in [0.25, 0.3) is 0 Å².